The van der Waals surface area contributed by atoms with Gasteiger partial charge in [-0.15, -0.1) is 11.3 Å². The van der Waals surface area contributed by atoms with Gasteiger partial charge in [0.15, 0.2) is 11.6 Å². The zero-order chi connectivity index (χ0) is 14.2. The summed E-state index contributed by atoms with van der Waals surface area (Å²) in [6, 6.07) is 14.1. The number of nitrogens with two attached hydrogens (primary N) is 1. The molecule has 0 aliphatic carbocycles. The summed E-state index contributed by atoms with van der Waals surface area (Å²) >= 11 is 1.66. The van der Waals surface area contributed by atoms with Gasteiger partial charge in [-0.1, -0.05) is 29.4 Å². The third kappa shape index (κ3) is 1.98. The lowest BCUT2D eigenvalue weighted by Crippen LogP contribution is -1.88. The Labute approximate surface area is 124 Å². The average Bonchev–Trinajstić information content (AvgIpc) is 3.11. The third-order valence-electron chi connectivity index (χ3n) is 3.32. The second kappa shape index (κ2) is 4.71. The second-order valence-corrected chi connectivity index (χ2v) is 5.75. The highest BCUT2D eigenvalue weighted by atomic mass is 32.1. The molecule has 102 valence electrons. The molecule has 21 heavy (non-hydrogen) atoms. The summed E-state index contributed by atoms with van der Waals surface area (Å²) in [7, 11) is 0. The molecule has 0 bridgehead atoms. The Morgan fingerprint density at radius 1 is 1.10 bits per heavy atom. The van der Waals surface area contributed by atoms with Crippen LogP contribution in [0.3, 0.4) is 0 Å². The van der Waals surface area contributed by atoms with Crippen molar-refractivity contribution in [1.29, 1.82) is 0 Å². The molecule has 0 saturated heterocycles. The number of anilines is 1. The maximum Gasteiger partial charge on any atom is 0.186 e. The fourth-order valence-electron chi connectivity index (χ4n) is 2.35. The molecule has 1 aromatic carbocycles. The van der Waals surface area contributed by atoms with E-state index in [1.165, 1.54) is 10.1 Å². The number of hydrogen-bond donors (Lipinski definition) is 1. The van der Waals surface area contributed by atoms with Gasteiger partial charge in [0.2, 0.25) is 0 Å². The average molecular weight is 293 g/mol. The topological polar surface area (TPSA) is 64.9 Å². The molecule has 4 aromatic rings. The number of benzene rings is 1. The van der Waals surface area contributed by atoms with Crippen LogP contribution >= 0.6 is 11.3 Å². The lowest BCUT2D eigenvalue weighted by molar-refractivity contribution is 0.437. The molecule has 0 aliphatic heterocycles. The maximum absolute atomic E-state index is 5.98. The molecule has 4 rings (SSSR count). The number of aromatic nitrogens is 2. The van der Waals surface area contributed by atoms with Crippen molar-refractivity contribution in [3.63, 3.8) is 0 Å². The van der Waals surface area contributed by atoms with Gasteiger partial charge in [0.25, 0.3) is 0 Å². The van der Waals surface area contributed by atoms with Crippen LogP contribution in [0.25, 0.3) is 31.9 Å². The van der Waals surface area contributed by atoms with Crippen LogP contribution in [0.1, 0.15) is 0 Å². The van der Waals surface area contributed by atoms with E-state index >= 15 is 0 Å². The molecule has 0 aliphatic rings. The maximum atomic E-state index is 5.98. The van der Waals surface area contributed by atoms with Gasteiger partial charge in [0, 0.05) is 22.7 Å². The van der Waals surface area contributed by atoms with E-state index in [1.807, 2.05) is 24.3 Å². The third-order valence-corrected chi connectivity index (χ3v) is 4.43. The summed E-state index contributed by atoms with van der Waals surface area (Å²) in [5.74, 6) is 1.08. The minimum Gasteiger partial charge on any atom is -0.380 e. The Hall–Kier alpha value is -2.66. The zero-order valence-electron chi connectivity index (χ0n) is 11.0. The molecule has 4 nitrogen and oxygen atoms in total. The summed E-state index contributed by atoms with van der Waals surface area (Å²) in [6.45, 7) is 0. The quantitative estimate of drug-likeness (QED) is 0.601. The van der Waals surface area contributed by atoms with Crippen LogP contribution in [0.4, 0.5) is 5.82 Å². The Balaban J connectivity index is 1.93. The summed E-state index contributed by atoms with van der Waals surface area (Å²) in [6.07, 6.45) is 3.49. The standard InChI is InChI=1S/C16H11N3OS/c17-16-14(11-5-3-7-18-9-11)15(20-19-16)13-8-10-4-1-2-6-12(10)21-13/h1-9H,(H2,17,19). The number of fused-ring (bicyclic) bond motifs is 1. The SMILES string of the molecule is Nc1noc(-c2cc3ccccc3s2)c1-c1cccnc1. The van der Waals surface area contributed by atoms with Crippen molar-refractivity contribution in [2.24, 2.45) is 0 Å². The number of nitrogen functional groups attached to an aromatic ring is 1. The zero-order valence-corrected chi connectivity index (χ0v) is 11.8. The summed E-state index contributed by atoms with van der Waals surface area (Å²) in [4.78, 5) is 5.15. The number of rotatable bonds is 2. The van der Waals surface area contributed by atoms with E-state index < -0.39 is 0 Å². The molecule has 5 heteroatoms. The van der Waals surface area contributed by atoms with E-state index in [0.29, 0.717) is 11.6 Å². The molecule has 2 N–H and O–H groups in total. The minimum atomic E-state index is 0.385. The van der Waals surface area contributed by atoms with E-state index in [4.69, 9.17) is 10.3 Å². The number of pyridine rings is 1. The van der Waals surface area contributed by atoms with E-state index in [9.17, 15) is 0 Å². The van der Waals surface area contributed by atoms with Gasteiger partial charge in [-0.25, -0.2) is 0 Å². The molecule has 0 radical (unpaired) electrons. The molecule has 0 atom stereocenters. The van der Waals surface area contributed by atoms with Gasteiger partial charge in [0.1, 0.15) is 0 Å². The van der Waals surface area contributed by atoms with Gasteiger partial charge in [-0.05, 0) is 23.6 Å². The normalized spacial score (nSPS) is 11.0. The van der Waals surface area contributed by atoms with Crippen molar-refractivity contribution in [1.82, 2.24) is 10.1 Å². The Kier molecular flexibility index (Phi) is 2.72. The van der Waals surface area contributed by atoms with Crippen LogP contribution in [-0.2, 0) is 0 Å². The van der Waals surface area contributed by atoms with Crippen molar-refractivity contribution in [2.45, 2.75) is 0 Å². The van der Waals surface area contributed by atoms with Crippen molar-refractivity contribution < 1.29 is 4.52 Å². The molecule has 0 fully saturated rings. The van der Waals surface area contributed by atoms with Gasteiger partial charge in [-0.3, -0.25) is 4.98 Å². The molecule has 0 amide bonds. The van der Waals surface area contributed by atoms with E-state index in [1.54, 1.807) is 23.7 Å². The first-order chi connectivity index (χ1) is 10.3. The minimum absolute atomic E-state index is 0.385. The number of thiophene rings is 1. The fourth-order valence-corrected chi connectivity index (χ4v) is 3.40. The Morgan fingerprint density at radius 2 is 2.00 bits per heavy atom. The van der Waals surface area contributed by atoms with Crippen LogP contribution in [0.5, 0.6) is 0 Å². The molecule has 0 spiro atoms. The molecule has 3 aromatic heterocycles. The number of nitrogens with zero attached hydrogens (tertiary/aromatic N) is 2. The molecule has 3 heterocycles. The van der Waals surface area contributed by atoms with Crippen molar-refractivity contribution in [2.75, 3.05) is 5.73 Å². The summed E-state index contributed by atoms with van der Waals surface area (Å²) in [5, 5.41) is 5.11. The van der Waals surface area contributed by atoms with Crippen LogP contribution in [0.15, 0.2) is 59.4 Å². The highest BCUT2D eigenvalue weighted by Gasteiger charge is 2.19. The van der Waals surface area contributed by atoms with Crippen LogP contribution < -0.4 is 5.73 Å². The first-order valence-corrected chi connectivity index (χ1v) is 7.29. The first kappa shape index (κ1) is 12.1. The van der Waals surface area contributed by atoms with Crippen LogP contribution in [-0.4, -0.2) is 10.1 Å². The number of hydrogen-bond acceptors (Lipinski definition) is 5. The van der Waals surface area contributed by atoms with Gasteiger partial charge >= 0.3 is 0 Å². The Morgan fingerprint density at radius 3 is 2.81 bits per heavy atom. The van der Waals surface area contributed by atoms with Crippen molar-refractivity contribution >= 4 is 27.2 Å². The predicted octanol–water partition coefficient (Wildman–Crippen LogP) is 4.20. The van der Waals surface area contributed by atoms with Gasteiger partial charge < -0.3 is 10.3 Å². The predicted molar refractivity (Wildman–Crippen MR) is 85.0 cm³/mol. The van der Waals surface area contributed by atoms with Crippen LogP contribution in [0, 0.1) is 0 Å². The lowest BCUT2D eigenvalue weighted by atomic mass is 10.1. The second-order valence-electron chi connectivity index (χ2n) is 4.66. The monoisotopic (exact) mass is 293 g/mol. The van der Waals surface area contributed by atoms with Crippen molar-refractivity contribution in [3.8, 4) is 21.8 Å². The smallest absolute Gasteiger partial charge is 0.186 e. The van der Waals surface area contributed by atoms with Crippen molar-refractivity contribution in [3.05, 3.63) is 54.9 Å². The highest BCUT2D eigenvalue weighted by Crippen LogP contribution is 2.41. The van der Waals surface area contributed by atoms with E-state index in [-0.39, 0.29) is 0 Å². The Bertz CT molecular complexity index is 879. The van der Waals surface area contributed by atoms with Crippen LogP contribution in [0.2, 0.25) is 0 Å². The molecular formula is C16H11N3OS. The molecular weight excluding hydrogens is 282 g/mol. The first-order valence-electron chi connectivity index (χ1n) is 6.47. The van der Waals surface area contributed by atoms with E-state index in [0.717, 1.165) is 16.0 Å². The highest BCUT2D eigenvalue weighted by molar-refractivity contribution is 7.22. The fraction of sp³-hybridized carbons (Fsp3) is 0. The summed E-state index contributed by atoms with van der Waals surface area (Å²) < 4.78 is 6.68. The lowest BCUT2D eigenvalue weighted by Gasteiger charge is -1.99. The summed E-state index contributed by atoms with van der Waals surface area (Å²) in [5.41, 5.74) is 7.68. The molecule has 0 unspecified atom stereocenters. The molecule has 0 saturated carbocycles. The van der Waals surface area contributed by atoms with Gasteiger partial charge in [0.05, 0.1) is 10.4 Å². The van der Waals surface area contributed by atoms with Gasteiger partial charge in [-0.2, -0.15) is 0 Å². The van der Waals surface area contributed by atoms with E-state index in [2.05, 4.69) is 28.3 Å². The largest absolute Gasteiger partial charge is 0.380 e.